The van der Waals surface area contributed by atoms with Crippen LogP contribution in [0.4, 0.5) is 0 Å². The van der Waals surface area contributed by atoms with Crippen molar-refractivity contribution in [2.24, 2.45) is 4.99 Å². The van der Waals surface area contributed by atoms with Gasteiger partial charge >= 0.3 is 0 Å². The second-order valence-corrected chi connectivity index (χ2v) is 5.45. The number of benzene rings is 1. The normalized spacial score (nSPS) is 14.3. The van der Waals surface area contributed by atoms with Crippen LogP contribution in [-0.2, 0) is 11.3 Å². The standard InChI is InChI=1S/C18H27N3O2.HI/c1-3-19-18(21-16-8-4-5-9-16)20-11-12-23-14-15-7-6-10-17(13-15)22-2;/h4-7,10,13,16H,3,8-9,11-12,14H2,1-2H3,(H2,19,20,21);1H. The van der Waals surface area contributed by atoms with E-state index >= 15 is 0 Å². The Balaban J connectivity index is 0.00000288. The van der Waals surface area contributed by atoms with E-state index in [1.807, 2.05) is 24.3 Å². The van der Waals surface area contributed by atoms with Crippen LogP contribution in [0.2, 0.25) is 0 Å². The van der Waals surface area contributed by atoms with E-state index in [9.17, 15) is 0 Å². The van der Waals surface area contributed by atoms with Crippen LogP contribution in [0, 0.1) is 0 Å². The van der Waals surface area contributed by atoms with Gasteiger partial charge in [0.1, 0.15) is 5.75 Å². The molecule has 0 spiro atoms. The molecular weight excluding hydrogens is 417 g/mol. The zero-order chi connectivity index (χ0) is 16.3. The van der Waals surface area contributed by atoms with E-state index in [0.29, 0.717) is 25.8 Å². The van der Waals surface area contributed by atoms with Gasteiger partial charge < -0.3 is 20.1 Å². The third-order valence-corrected chi connectivity index (χ3v) is 3.60. The Bertz CT molecular complexity index is 527. The molecule has 0 aromatic heterocycles. The van der Waals surface area contributed by atoms with E-state index < -0.39 is 0 Å². The van der Waals surface area contributed by atoms with Gasteiger partial charge in [-0.15, -0.1) is 24.0 Å². The van der Waals surface area contributed by atoms with Gasteiger partial charge in [0.05, 0.1) is 26.9 Å². The summed E-state index contributed by atoms with van der Waals surface area (Å²) in [4.78, 5) is 4.56. The molecule has 0 saturated heterocycles. The largest absolute Gasteiger partial charge is 0.497 e. The average Bonchev–Trinajstić information content (AvgIpc) is 3.08. The van der Waals surface area contributed by atoms with Crippen molar-refractivity contribution in [3.63, 3.8) is 0 Å². The molecule has 0 bridgehead atoms. The molecule has 2 N–H and O–H groups in total. The topological polar surface area (TPSA) is 54.9 Å². The van der Waals surface area contributed by atoms with E-state index in [1.165, 1.54) is 0 Å². The summed E-state index contributed by atoms with van der Waals surface area (Å²) >= 11 is 0. The summed E-state index contributed by atoms with van der Waals surface area (Å²) in [7, 11) is 1.67. The van der Waals surface area contributed by atoms with Gasteiger partial charge in [-0.25, -0.2) is 0 Å². The molecule has 5 nitrogen and oxygen atoms in total. The fourth-order valence-electron chi connectivity index (χ4n) is 2.42. The number of halogens is 1. The van der Waals surface area contributed by atoms with Gasteiger partial charge in [-0.3, -0.25) is 4.99 Å². The van der Waals surface area contributed by atoms with Crippen molar-refractivity contribution in [1.82, 2.24) is 10.6 Å². The summed E-state index contributed by atoms with van der Waals surface area (Å²) in [5.74, 6) is 1.72. The molecule has 2 rings (SSSR count). The molecule has 0 radical (unpaired) electrons. The first kappa shape index (κ1) is 20.8. The lowest BCUT2D eigenvalue weighted by Crippen LogP contribution is -2.42. The van der Waals surface area contributed by atoms with Gasteiger partial charge in [-0.05, 0) is 37.5 Å². The highest BCUT2D eigenvalue weighted by molar-refractivity contribution is 14.0. The first-order valence-corrected chi connectivity index (χ1v) is 8.22. The number of ether oxygens (including phenoxy) is 2. The van der Waals surface area contributed by atoms with Crippen LogP contribution in [0.25, 0.3) is 0 Å². The van der Waals surface area contributed by atoms with E-state index in [1.54, 1.807) is 7.11 Å². The Hall–Kier alpha value is -1.28. The zero-order valence-corrected chi connectivity index (χ0v) is 16.8. The Morgan fingerprint density at radius 3 is 2.79 bits per heavy atom. The Morgan fingerprint density at radius 2 is 2.08 bits per heavy atom. The molecule has 24 heavy (non-hydrogen) atoms. The van der Waals surface area contributed by atoms with Crippen LogP contribution in [0.5, 0.6) is 5.75 Å². The van der Waals surface area contributed by atoms with Crippen molar-refractivity contribution in [3.8, 4) is 5.75 Å². The number of nitrogens with one attached hydrogen (secondary N) is 2. The lowest BCUT2D eigenvalue weighted by atomic mass is 10.2. The predicted octanol–water partition coefficient (Wildman–Crippen LogP) is 3.10. The monoisotopic (exact) mass is 445 g/mol. The molecule has 1 aliphatic carbocycles. The lowest BCUT2D eigenvalue weighted by molar-refractivity contribution is 0.128. The second-order valence-electron chi connectivity index (χ2n) is 5.45. The molecule has 0 fully saturated rings. The quantitative estimate of drug-likeness (QED) is 0.212. The summed E-state index contributed by atoms with van der Waals surface area (Å²) in [6.07, 6.45) is 6.55. The number of methoxy groups -OCH3 is 1. The van der Waals surface area contributed by atoms with Crippen molar-refractivity contribution in [1.29, 1.82) is 0 Å². The summed E-state index contributed by atoms with van der Waals surface area (Å²) in [6, 6.07) is 8.39. The lowest BCUT2D eigenvalue weighted by Gasteiger charge is -2.16. The van der Waals surface area contributed by atoms with Gasteiger partial charge in [0.25, 0.3) is 0 Å². The third kappa shape index (κ3) is 7.53. The van der Waals surface area contributed by atoms with Crippen molar-refractivity contribution >= 4 is 29.9 Å². The number of hydrogen-bond donors (Lipinski definition) is 2. The van der Waals surface area contributed by atoms with Crippen molar-refractivity contribution in [3.05, 3.63) is 42.0 Å². The maximum Gasteiger partial charge on any atom is 0.191 e. The molecule has 0 aliphatic heterocycles. The summed E-state index contributed by atoms with van der Waals surface area (Å²) in [6.45, 7) is 4.74. The van der Waals surface area contributed by atoms with Gasteiger partial charge in [0.15, 0.2) is 5.96 Å². The van der Waals surface area contributed by atoms with Crippen LogP contribution in [0.15, 0.2) is 41.4 Å². The number of nitrogens with zero attached hydrogens (tertiary/aromatic N) is 1. The molecule has 0 heterocycles. The fraction of sp³-hybridized carbons (Fsp3) is 0.500. The Labute approximate surface area is 161 Å². The van der Waals surface area contributed by atoms with Crippen molar-refractivity contribution in [2.45, 2.75) is 32.4 Å². The molecular formula is C18H28IN3O2. The van der Waals surface area contributed by atoms with Gasteiger partial charge in [-0.2, -0.15) is 0 Å². The third-order valence-electron chi connectivity index (χ3n) is 3.60. The highest BCUT2D eigenvalue weighted by atomic mass is 127. The van der Waals surface area contributed by atoms with Crippen molar-refractivity contribution < 1.29 is 9.47 Å². The zero-order valence-electron chi connectivity index (χ0n) is 14.5. The smallest absolute Gasteiger partial charge is 0.191 e. The summed E-state index contributed by atoms with van der Waals surface area (Å²) < 4.78 is 10.9. The molecule has 0 saturated carbocycles. The van der Waals surface area contributed by atoms with E-state index in [0.717, 1.165) is 36.7 Å². The van der Waals surface area contributed by atoms with Crippen LogP contribution in [0.3, 0.4) is 0 Å². The van der Waals surface area contributed by atoms with Gasteiger partial charge in [-0.1, -0.05) is 24.3 Å². The highest BCUT2D eigenvalue weighted by Crippen LogP contribution is 2.13. The van der Waals surface area contributed by atoms with Crippen LogP contribution < -0.4 is 15.4 Å². The summed E-state index contributed by atoms with van der Waals surface area (Å²) in [5, 5.41) is 6.72. The number of rotatable bonds is 8. The van der Waals surface area contributed by atoms with Crippen LogP contribution in [-0.4, -0.2) is 38.8 Å². The molecule has 0 atom stereocenters. The minimum absolute atomic E-state index is 0. The fourth-order valence-corrected chi connectivity index (χ4v) is 2.42. The first-order valence-electron chi connectivity index (χ1n) is 8.22. The first-order chi connectivity index (χ1) is 11.3. The number of guanidine groups is 1. The Morgan fingerprint density at radius 1 is 1.29 bits per heavy atom. The minimum Gasteiger partial charge on any atom is -0.497 e. The van der Waals surface area contributed by atoms with Crippen LogP contribution in [0.1, 0.15) is 25.3 Å². The molecule has 0 amide bonds. The maximum absolute atomic E-state index is 5.69. The van der Waals surface area contributed by atoms with Gasteiger partial charge in [0.2, 0.25) is 0 Å². The van der Waals surface area contributed by atoms with Crippen molar-refractivity contribution in [2.75, 3.05) is 26.8 Å². The molecule has 0 unspecified atom stereocenters. The average molecular weight is 445 g/mol. The summed E-state index contributed by atoms with van der Waals surface area (Å²) in [5.41, 5.74) is 1.11. The van der Waals surface area contributed by atoms with Gasteiger partial charge in [0, 0.05) is 12.6 Å². The predicted molar refractivity (Wildman–Crippen MR) is 109 cm³/mol. The molecule has 134 valence electrons. The van der Waals surface area contributed by atoms with Crippen LogP contribution >= 0.6 is 24.0 Å². The number of hydrogen-bond acceptors (Lipinski definition) is 3. The Kier molecular flexibility index (Phi) is 10.5. The number of aliphatic imine (C=N–C) groups is 1. The highest BCUT2D eigenvalue weighted by Gasteiger charge is 2.11. The van der Waals surface area contributed by atoms with E-state index in [-0.39, 0.29) is 24.0 Å². The second kappa shape index (κ2) is 12.1. The molecule has 1 aliphatic rings. The van der Waals surface area contributed by atoms with E-state index in [2.05, 4.69) is 34.7 Å². The molecule has 1 aromatic carbocycles. The minimum atomic E-state index is 0. The maximum atomic E-state index is 5.69. The SMILES string of the molecule is CCNC(=NCCOCc1cccc(OC)c1)NC1CC=CC1.I. The molecule has 1 aromatic rings. The van der Waals surface area contributed by atoms with E-state index in [4.69, 9.17) is 9.47 Å². The molecule has 6 heteroatoms.